The van der Waals surface area contributed by atoms with Gasteiger partial charge in [-0.3, -0.25) is 14.5 Å². The number of thiophene rings is 1. The molecule has 0 atom stereocenters. The van der Waals surface area contributed by atoms with Gasteiger partial charge in [-0.25, -0.2) is 8.42 Å². The van der Waals surface area contributed by atoms with Crippen molar-refractivity contribution in [2.24, 2.45) is 0 Å². The summed E-state index contributed by atoms with van der Waals surface area (Å²) < 4.78 is 27.4. The van der Waals surface area contributed by atoms with E-state index in [-0.39, 0.29) is 18.2 Å². The number of hydrogen-bond acceptors (Lipinski definition) is 6. The first-order valence-corrected chi connectivity index (χ1v) is 13.0. The highest BCUT2D eigenvalue weighted by Crippen LogP contribution is 2.27. The SMILES string of the molecule is CCCNC(=O)CN1CCN(C(=O)Cc2ccc(S(=O)(=O)N3CCCCC3)s2)CC1. The first-order valence-electron chi connectivity index (χ1n) is 10.8. The highest BCUT2D eigenvalue weighted by atomic mass is 32.2. The van der Waals surface area contributed by atoms with Gasteiger partial charge in [-0.15, -0.1) is 11.3 Å². The maximum atomic E-state index is 12.8. The summed E-state index contributed by atoms with van der Waals surface area (Å²) in [6, 6.07) is 3.39. The molecule has 2 saturated heterocycles. The van der Waals surface area contributed by atoms with E-state index >= 15 is 0 Å². The summed E-state index contributed by atoms with van der Waals surface area (Å²) in [5.41, 5.74) is 0. The van der Waals surface area contributed by atoms with Gasteiger partial charge in [0.2, 0.25) is 11.8 Å². The van der Waals surface area contributed by atoms with E-state index in [1.54, 1.807) is 21.3 Å². The summed E-state index contributed by atoms with van der Waals surface area (Å²) in [5, 5.41) is 2.87. The molecule has 2 fully saturated rings. The van der Waals surface area contributed by atoms with E-state index in [2.05, 4.69) is 10.2 Å². The maximum absolute atomic E-state index is 12.8. The van der Waals surface area contributed by atoms with Crippen LogP contribution < -0.4 is 5.32 Å². The fourth-order valence-corrected chi connectivity index (χ4v) is 6.78. The van der Waals surface area contributed by atoms with Gasteiger partial charge in [-0.1, -0.05) is 13.3 Å². The Morgan fingerprint density at radius 3 is 2.40 bits per heavy atom. The molecule has 0 unspecified atom stereocenters. The Morgan fingerprint density at radius 1 is 1.03 bits per heavy atom. The van der Waals surface area contributed by atoms with Gasteiger partial charge in [0.15, 0.2) is 0 Å². The molecule has 3 rings (SSSR count). The van der Waals surface area contributed by atoms with Crippen molar-refractivity contribution >= 4 is 33.2 Å². The predicted octanol–water partition coefficient (Wildman–Crippen LogP) is 1.14. The third-order valence-electron chi connectivity index (χ3n) is 5.54. The Labute approximate surface area is 183 Å². The van der Waals surface area contributed by atoms with E-state index in [4.69, 9.17) is 0 Å². The molecule has 0 saturated carbocycles. The minimum atomic E-state index is -3.45. The lowest BCUT2D eigenvalue weighted by Gasteiger charge is -2.34. The summed E-state index contributed by atoms with van der Waals surface area (Å²) in [7, 11) is -3.45. The van der Waals surface area contributed by atoms with Crippen LogP contribution >= 0.6 is 11.3 Å². The normalized spacial score (nSPS) is 19.0. The van der Waals surface area contributed by atoms with E-state index in [1.807, 2.05) is 6.92 Å². The molecular weight excluding hydrogens is 424 g/mol. The Kier molecular flexibility index (Phi) is 8.27. The van der Waals surface area contributed by atoms with Crippen molar-refractivity contribution in [3.05, 3.63) is 17.0 Å². The van der Waals surface area contributed by atoms with Gasteiger partial charge in [-0.05, 0) is 31.4 Å². The summed E-state index contributed by atoms with van der Waals surface area (Å²) in [5.74, 6) is 0.0338. The van der Waals surface area contributed by atoms with Crippen LogP contribution in [0.4, 0.5) is 0 Å². The molecule has 0 radical (unpaired) electrons. The number of rotatable bonds is 8. The Morgan fingerprint density at radius 2 is 1.73 bits per heavy atom. The number of amides is 2. The quantitative estimate of drug-likeness (QED) is 0.634. The van der Waals surface area contributed by atoms with Crippen LogP contribution in [0.2, 0.25) is 0 Å². The molecule has 30 heavy (non-hydrogen) atoms. The average Bonchev–Trinajstić information content (AvgIpc) is 3.22. The van der Waals surface area contributed by atoms with Crippen molar-refractivity contribution in [1.82, 2.24) is 19.4 Å². The molecule has 2 aliphatic rings. The van der Waals surface area contributed by atoms with Crippen molar-refractivity contribution in [3.8, 4) is 0 Å². The van der Waals surface area contributed by atoms with Crippen LogP contribution in [0, 0.1) is 0 Å². The third-order valence-corrected chi connectivity index (χ3v) is 8.99. The number of carbonyl (C=O) groups is 2. The van der Waals surface area contributed by atoms with Gasteiger partial charge in [-0.2, -0.15) is 4.31 Å². The second kappa shape index (κ2) is 10.7. The summed E-state index contributed by atoms with van der Waals surface area (Å²) in [4.78, 5) is 29.2. The van der Waals surface area contributed by atoms with Crippen molar-refractivity contribution in [3.63, 3.8) is 0 Å². The Bertz CT molecular complexity index is 826. The Balaban J connectivity index is 1.48. The number of piperazine rings is 1. The number of carbonyl (C=O) groups excluding carboxylic acids is 2. The van der Waals surface area contributed by atoms with Crippen molar-refractivity contribution in [1.29, 1.82) is 0 Å². The lowest BCUT2D eigenvalue weighted by atomic mass is 10.2. The molecule has 0 aromatic carbocycles. The van der Waals surface area contributed by atoms with E-state index in [9.17, 15) is 18.0 Å². The molecule has 0 spiro atoms. The summed E-state index contributed by atoms with van der Waals surface area (Å²) in [6.07, 6.45) is 4.02. The highest BCUT2D eigenvalue weighted by molar-refractivity contribution is 7.91. The predicted molar refractivity (Wildman–Crippen MR) is 117 cm³/mol. The van der Waals surface area contributed by atoms with Crippen LogP contribution in [0.5, 0.6) is 0 Å². The van der Waals surface area contributed by atoms with E-state index in [0.29, 0.717) is 56.6 Å². The fraction of sp³-hybridized carbons (Fsp3) is 0.700. The van der Waals surface area contributed by atoms with E-state index in [0.717, 1.165) is 30.6 Å². The topological polar surface area (TPSA) is 90.0 Å². The molecule has 0 bridgehead atoms. The molecule has 8 nitrogen and oxygen atoms in total. The molecule has 2 amide bonds. The zero-order chi connectivity index (χ0) is 21.6. The van der Waals surface area contributed by atoms with E-state index in [1.165, 1.54) is 11.3 Å². The molecule has 1 aromatic heterocycles. The second-order valence-electron chi connectivity index (χ2n) is 7.87. The minimum Gasteiger partial charge on any atom is -0.355 e. The van der Waals surface area contributed by atoms with Crippen molar-refractivity contribution in [2.45, 2.75) is 43.2 Å². The standard InChI is InChI=1S/C20H32N4O4S2/c1-2-8-21-18(25)16-22-11-13-23(14-12-22)19(26)15-17-6-7-20(29-17)30(27,28)24-9-4-3-5-10-24/h6-7H,2-5,8-16H2,1H3,(H,21,25). The zero-order valence-electron chi connectivity index (χ0n) is 17.6. The molecule has 0 aliphatic carbocycles. The second-order valence-corrected chi connectivity index (χ2v) is 11.2. The number of nitrogens with zero attached hydrogens (tertiary/aromatic N) is 3. The van der Waals surface area contributed by atoms with Crippen LogP contribution in [0.15, 0.2) is 16.3 Å². The van der Waals surface area contributed by atoms with Crippen LogP contribution in [0.25, 0.3) is 0 Å². The van der Waals surface area contributed by atoms with E-state index < -0.39 is 10.0 Å². The average molecular weight is 457 g/mol. The Hall–Kier alpha value is -1.49. The molecule has 10 heteroatoms. The number of nitrogens with one attached hydrogen (secondary N) is 1. The third kappa shape index (κ3) is 6.03. The minimum absolute atomic E-state index is 0.00820. The first-order chi connectivity index (χ1) is 14.4. The lowest BCUT2D eigenvalue weighted by Crippen LogP contribution is -2.51. The summed E-state index contributed by atoms with van der Waals surface area (Å²) in [6.45, 7) is 6.75. The molecular formula is C20H32N4O4S2. The van der Waals surface area contributed by atoms with Gasteiger partial charge in [0.05, 0.1) is 13.0 Å². The molecule has 1 N–H and O–H groups in total. The highest BCUT2D eigenvalue weighted by Gasteiger charge is 2.28. The molecule has 3 heterocycles. The number of piperidine rings is 1. The van der Waals surface area contributed by atoms with Crippen LogP contribution in [0.3, 0.4) is 0 Å². The van der Waals surface area contributed by atoms with Crippen molar-refractivity contribution in [2.75, 3.05) is 52.4 Å². The summed E-state index contributed by atoms with van der Waals surface area (Å²) >= 11 is 1.20. The van der Waals surface area contributed by atoms with Gasteiger partial charge < -0.3 is 10.2 Å². The molecule has 2 aliphatic heterocycles. The van der Waals surface area contributed by atoms with Gasteiger partial charge in [0.25, 0.3) is 10.0 Å². The zero-order valence-corrected chi connectivity index (χ0v) is 19.3. The van der Waals surface area contributed by atoms with Gasteiger partial charge in [0.1, 0.15) is 4.21 Å². The molecule has 168 valence electrons. The first kappa shape index (κ1) is 23.2. The van der Waals surface area contributed by atoms with Gasteiger partial charge >= 0.3 is 0 Å². The van der Waals surface area contributed by atoms with Crippen LogP contribution in [-0.2, 0) is 26.0 Å². The number of hydrogen-bond donors (Lipinski definition) is 1. The van der Waals surface area contributed by atoms with Gasteiger partial charge in [0, 0.05) is 50.7 Å². The molecule has 1 aromatic rings. The monoisotopic (exact) mass is 456 g/mol. The number of sulfonamides is 1. The largest absolute Gasteiger partial charge is 0.355 e. The van der Waals surface area contributed by atoms with Crippen LogP contribution in [0.1, 0.15) is 37.5 Å². The smallest absolute Gasteiger partial charge is 0.252 e. The fourth-order valence-electron chi connectivity index (χ4n) is 3.76. The maximum Gasteiger partial charge on any atom is 0.252 e. The van der Waals surface area contributed by atoms with Crippen molar-refractivity contribution < 1.29 is 18.0 Å². The van der Waals surface area contributed by atoms with Crippen LogP contribution in [-0.4, -0.2) is 86.7 Å². The lowest BCUT2D eigenvalue weighted by molar-refractivity contribution is -0.132.